The molecule has 1 aliphatic carbocycles. The van der Waals surface area contributed by atoms with Crippen molar-refractivity contribution in [3.05, 3.63) is 18.2 Å². The average molecular weight is 450 g/mol. The molecule has 1 saturated carbocycles. The number of carbonyl (C=O) groups is 1. The molecule has 1 amide bonds. The summed E-state index contributed by atoms with van der Waals surface area (Å²) in [5, 5.41) is 11.3. The molecule has 4 rings (SSSR count). The van der Waals surface area contributed by atoms with E-state index >= 15 is 0 Å². The standard InChI is InChI=1S/C21H31N5O4S/c1-30-13-12-26-20-10-9-18(14-19(20)23-24-26)31(28,29)25-11-5-6-16(15-25)21(27)22-17-7-3-2-4-8-17/h9-10,14,16-17H,2-8,11-13,15H2,1H3,(H,22,27). The van der Waals surface area contributed by atoms with E-state index in [9.17, 15) is 13.2 Å². The number of methoxy groups -OCH3 is 1. The van der Waals surface area contributed by atoms with Gasteiger partial charge in [-0.05, 0) is 43.9 Å². The highest BCUT2D eigenvalue weighted by molar-refractivity contribution is 7.89. The first-order valence-electron chi connectivity index (χ1n) is 11.1. The van der Waals surface area contributed by atoms with Gasteiger partial charge >= 0.3 is 0 Å². The maximum Gasteiger partial charge on any atom is 0.243 e. The average Bonchev–Trinajstić information content (AvgIpc) is 3.20. The predicted molar refractivity (Wildman–Crippen MR) is 116 cm³/mol. The van der Waals surface area contributed by atoms with Crippen LogP contribution in [0.1, 0.15) is 44.9 Å². The van der Waals surface area contributed by atoms with E-state index in [1.54, 1.807) is 30.0 Å². The summed E-state index contributed by atoms with van der Waals surface area (Å²) >= 11 is 0. The maximum atomic E-state index is 13.3. The van der Waals surface area contributed by atoms with Crippen LogP contribution in [-0.4, -0.2) is 66.5 Å². The summed E-state index contributed by atoms with van der Waals surface area (Å²) in [6.45, 7) is 1.69. The van der Waals surface area contributed by atoms with E-state index in [-0.39, 0.29) is 29.3 Å². The minimum absolute atomic E-state index is 0.0108. The number of aromatic nitrogens is 3. The van der Waals surface area contributed by atoms with Crippen LogP contribution in [0.25, 0.3) is 11.0 Å². The molecule has 9 nitrogen and oxygen atoms in total. The number of sulfonamides is 1. The Morgan fingerprint density at radius 2 is 2.00 bits per heavy atom. The van der Waals surface area contributed by atoms with Crippen LogP contribution in [0.4, 0.5) is 0 Å². The fourth-order valence-corrected chi connectivity index (χ4v) is 6.09. The Balaban J connectivity index is 1.46. The molecule has 1 unspecified atom stereocenters. The smallest absolute Gasteiger partial charge is 0.243 e. The summed E-state index contributed by atoms with van der Waals surface area (Å²) in [6.07, 6.45) is 6.96. The van der Waals surface area contributed by atoms with Gasteiger partial charge in [-0.1, -0.05) is 24.5 Å². The van der Waals surface area contributed by atoms with Crippen LogP contribution in [0.5, 0.6) is 0 Å². The van der Waals surface area contributed by atoms with Gasteiger partial charge in [0.25, 0.3) is 0 Å². The number of piperidine rings is 1. The Morgan fingerprint density at radius 1 is 1.19 bits per heavy atom. The number of benzene rings is 1. The van der Waals surface area contributed by atoms with E-state index in [4.69, 9.17) is 4.74 Å². The molecule has 1 aromatic heterocycles. The Morgan fingerprint density at radius 3 is 2.77 bits per heavy atom. The predicted octanol–water partition coefficient (Wildman–Crippen LogP) is 1.93. The molecule has 31 heavy (non-hydrogen) atoms. The lowest BCUT2D eigenvalue weighted by atomic mass is 9.93. The SMILES string of the molecule is COCCn1nnc2cc(S(=O)(=O)N3CCCC(C(=O)NC4CCCCC4)C3)ccc21. The molecule has 2 heterocycles. The highest BCUT2D eigenvalue weighted by Gasteiger charge is 2.34. The fraction of sp³-hybridized carbons (Fsp3) is 0.667. The van der Waals surface area contributed by atoms with Crippen molar-refractivity contribution in [3.63, 3.8) is 0 Å². The van der Waals surface area contributed by atoms with Gasteiger partial charge in [0.1, 0.15) is 5.52 Å². The largest absolute Gasteiger partial charge is 0.383 e. The zero-order valence-corrected chi connectivity index (χ0v) is 18.8. The molecule has 1 N–H and O–H groups in total. The Hall–Kier alpha value is -2.04. The van der Waals surface area contributed by atoms with E-state index < -0.39 is 10.0 Å². The molecule has 2 aromatic rings. The normalized spacial score (nSPS) is 21.4. The minimum atomic E-state index is -3.71. The molecule has 1 atom stereocenters. The van der Waals surface area contributed by atoms with Crippen LogP contribution < -0.4 is 5.32 Å². The van der Waals surface area contributed by atoms with Crippen LogP contribution in [0, 0.1) is 5.92 Å². The van der Waals surface area contributed by atoms with E-state index in [1.165, 1.54) is 10.7 Å². The van der Waals surface area contributed by atoms with Crippen molar-refractivity contribution < 1.29 is 17.9 Å². The summed E-state index contributed by atoms with van der Waals surface area (Å²) in [5.41, 5.74) is 1.29. The Bertz CT molecular complexity index is 1020. The lowest BCUT2D eigenvalue weighted by Crippen LogP contribution is -2.47. The van der Waals surface area contributed by atoms with Crippen LogP contribution in [0.3, 0.4) is 0 Å². The van der Waals surface area contributed by atoms with Gasteiger partial charge in [-0.15, -0.1) is 5.10 Å². The van der Waals surface area contributed by atoms with Crippen molar-refractivity contribution in [1.29, 1.82) is 0 Å². The molecule has 0 radical (unpaired) electrons. The van der Waals surface area contributed by atoms with Gasteiger partial charge in [0.2, 0.25) is 15.9 Å². The molecule has 1 saturated heterocycles. The van der Waals surface area contributed by atoms with Crippen molar-refractivity contribution in [2.24, 2.45) is 5.92 Å². The van der Waals surface area contributed by atoms with E-state index in [0.29, 0.717) is 31.6 Å². The summed E-state index contributed by atoms with van der Waals surface area (Å²) in [4.78, 5) is 13.0. The zero-order chi connectivity index (χ0) is 21.8. The maximum absolute atomic E-state index is 13.3. The number of carbonyl (C=O) groups excluding carboxylic acids is 1. The zero-order valence-electron chi connectivity index (χ0n) is 18.0. The van der Waals surface area contributed by atoms with E-state index in [2.05, 4.69) is 15.6 Å². The van der Waals surface area contributed by atoms with Gasteiger partial charge in [0, 0.05) is 26.2 Å². The highest BCUT2D eigenvalue weighted by Crippen LogP contribution is 2.26. The quantitative estimate of drug-likeness (QED) is 0.692. The van der Waals surface area contributed by atoms with Gasteiger partial charge in [0.05, 0.1) is 29.5 Å². The van der Waals surface area contributed by atoms with Crippen molar-refractivity contribution in [3.8, 4) is 0 Å². The van der Waals surface area contributed by atoms with Crippen LogP contribution in [0.2, 0.25) is 0 Å². The number of amides is 1. The number of fused-ring (bicyclic) bond motifs is 1. The lowest BCUT2D eigenvalue weighted by Gasteiger charge is -2.32. The van der Waals surface area contributed by atoms with Crippen molar-refractivity contribution >= 4 is 27.0 Å². The molecule has 2 aliphatic rings. The van der Waals surface area contributed by atoms with Gasteiger partial charge in [-0.3, -0.25) is 4.79 Å². The number of hydrogen-bond donors (Lipinski definition) is 1. The van der Waals surface area contributed by atoms with Crippen molar-refractivity contribution in [2.45, 2.75) is 62.4 Å². The van der Waals surface area contributed by atoms with Crippen molar-refractivity contribution in [2.75, 3.05) is 26.8 Å². The topological polar surface area (TPSA) is 106 Å². The minimum Gasteiger partial charge on any atom is -0.383 e. The third kappa shape index (κ3) is 4.91. The first-order valence-corrected chi connectivity index (χ1v) is 12.6. The second kappa shape index (κ2) is 9.62. The number of nitrogens with one attached hydrogen (secondary N) is 1. The van der Waals surface area contributed by atoms with Gasteiger partial charge in [0.15, 0.2) is 0 Å². The summed E-state index contributed by atoms with van der Waals surface area (Å²) in [5.74, 6) is -0.313. The molecule has 10 heteroatoms. The first-order chi connectivity index (χ1) is 15.0. The number of nitrogens with zero attached hydrogens (tertiary/aromatic N) is 4. The molecular weight excluding hydrogens is 418 g/mol. The first kappa shape index (κ1) is 22.2. The van der Waals surface area contributed by atoms with E-state index in [0.717, 1.165) is 37.6 Å². The van der Waals surface area contributed by atoms with Gasteiger partial charge < -0.3 is 10.1 Å². The molecule has 2 fully saturated rings. The Kier molecular flexibility index (Phi) is 6.88. The summed E-state index contributed by atoms with van der Waals surface area (Å²) in [7, 11) is -2.09. The second-order valence-electron chi connectivity index (χ2n) is 8.50. The van der Waals surface area contributed by atoms with E-state index in [1.807, 2.05) is 0 Å². The van der Waals surface area contributed by atoms with Crippen LogP contribution in [0.15, 0.2) is 23.1 Å². The van der Waals surface area contributed by atoms with Gasteiger partial charge in [-0.2, -0.15) is 4.31 Å². The highest BCUT2D eigenvalue weighted by atomic mass is 32.2. The number of ether oxygens (including phenoxy) is 1. The second-order valence-corrected chi connectivity index (χ2v) is 10.4. The molecule has 1 aromatic carbocycles. The number of hydrogen-bond acceptors (Lipinski definition) is 6. The summed E-state index contributed by atoms with van der Waals surface area (Å²) < 4.78 is 34.8. The Labute approximate surface area is 183 Å². The molecular formula is C21H31N5O4S. The monoisotopic (exact) mass is 449 g/mol. The number of rotatable bonds is 7. The van der Waals surface area contributed by atoms with Crippen molar-refractivity contribution in [1.82, 2.24) is 24.6 Å². The molecule has 0 spiro atoms. The van der Waals surface area contributed by atoms with Crippen LogP contribution >= 0.6 is 0 Å². The third-order valence-electron chi connectivity index (χ3n) is 6.34. The summed E-state index contributed by atoms with van der Waals surface area (Å²) in [6, 6.07) is 5.12. The molecule has 1 aliphatic heterocycles. The van der Waals surface area contributed by atoms with Gasteiger partial charge in [-0.25, -0.2) is 13.1 Å². The lowest BCUT2D eigenvalue weighted by molar-refractivity contribution is -0.127. The van der Waals surface area contributed by atoms with Crippen LogP contribution in [-0.2, 0) is 26.1 Å². The fourth-order valence-electron chi connectivity index (χ4n) is 4.55. The molecule has 0 bridgehead atoms. The third-order valence-corrected chi connectivity index (χ3v) is 8.20. The molecule has 170 valence electrons.